The Morgan fingerprint density at radius 3 is 2.37 bits per heavy atom. The molecular weight excluding hydrogens is 572 g/mol. The van der Waals surface area contributed by atoms with Crippen molar-refractivity contribution in [2.45, 2.75) is 26.8 Å². The number of rotatable bonds is 9. The molecule has 0 saturated carbocycles. The fourth-order valence-electron chi connectivity index (χ4n) is 4.83. The number of carbonyl (C=O) groups excluding carboxylic acids is 2. The minimum Gasteiger partial charge on any atom is -0.497 e. The van der Waals surface area contributed by atoms with Gasteiger partial charge in [-0.2, -0.15) is 0 Å². The van der Waals surface area contributed by atoms with Gasteiger partial charge in [-0.3, -0.25) is 9.36 Å². The second-order valence-corrected chi connectivity index (χ2v) is 10.4. The smallest absolute Gasteiger partial charge is 0.338 e. The topological polar surface area (TPSA) is 119 Å². The molecule has 5 rings (SSSR count). The van der Waals surface area contributed by atoms with E-state index in [0.29, 0.717) is 55.8 Å². The lowest BCUT2D eigenvalue weighted by atomic mass is 9.95. The zero-order valence-electron chi connectivity index (χ0n) is 24.3. The summed E-state index contributed by atoms with van der Waals surface area (Å²) in [5, 5.41) is 0. The summed E-state index contributed by atoms with van der Waals surface area (Å²) >= 11 is 1.19. The van der Waals surface area contributed by atoms with Gasteiger partial charge >= 0.3 is 11.9 Å². The molecule has 3 heterocycles. The number of esters is 2. The van der Waals surface area contributed by atoms with Gasteiger partial charge < -0.3 is 23.4 Å². The summed E-state index contributed by atoms with van der Waals surface area (Å²) in [5.41, 5.74) is 2.13. The van der Waals surface area contributed by atoms with E-state index < -0.39 is 18.0 Å². The molecule has 1 aliphatic heterocycles. The number of hydrogen-bond acceptors (Lipinski definition) is 10. The van der Waals surface area contributed by atoms with Crippen LogP contribution in [0.4, 0.5) is 0 Å². The van der Waals surface area contributed by atoms with Crippen molar-refractivity contribution >= 4 is 29.4 Å². The molecule has 0 amide bonds. The van der Waals surface area contributed by atoms with E-state index in [4.69, 9.17) is 23.4 Å². The molecule has 10 nitrogen and oxygen atoms in total. The van der Waals surface area contributed by atoms with Crippen LogP contribution in [-0.4, -0.2) is 43.9 Å². The first kappa shape index (κ1) is 29.6. The van der Waals surface area contributed by atoms with Gasteiger partial charge in [0, 0.05) is 23.3 Å². The third-order valence-corrected chi connectivity index (χ3v) is 7.82. The Hall–Kier alpha value is -4.90. The standard InChI is InChI=1S/C32H30N2O8S/c1-6-40-30(36)20-10-8-19(9-11-20)24-15-13-22(42-24)17-26-29(35)34-28(23-14-12-21(38-4)16-25(23)39-5)27(31(37)41-7-2)18(3)33-32(34)43-26/h8-17,28H,6-7H2,1-5H3/b26-17-. The normalized spacial score (nSPS) is 14.6. The van der Waals surface area contributed by atoms with Crippen molar-refractivity contribution in [3.8, 4) is 22.8 Å². The number of hydrogen-bond donors (Lipinski definition) is 0. The molecular formula is C32H30N2O8S. The van der Waals surface area contributed by atoms with E-state index in [0.717, 1.165) is 5.56 Å². The SMILES string of the molecule is CCOC(=O)C1=C(C)N=c2s/c(=C\c3ccc(-c4ccc(C(=O)OCC)cc4)o3)c(=O)n2C1c1ccc(OC)cc1OC. The van der Waals surface area contributed by atoms with E-state index in [1.165, 1.54) is 23.0 Å². The van der Waals surface area contributed by atoms with Crippen LogP contribution < -0.4 is 24.4 Å². The Balaban J connectivity index is 1.58. The lowest BCUT2D eigenvalue weighted by Crippen LogP contribution is -2.40. The van der Waals surface area contributed by atoms with Crippen LogP contribution in [0, 0.1) is 0 Å². The molecule has 0 fully saturated rings. The van der Waals surface area contributed by atoms with Gasteiger partial charge in [-0.05, 0) is 57.2 Å². The molecule has 0 N–H and O–H groups in total. The van der Waals surface area contributed by atoms with Crippen molar-refractivity contribution in [2.75, 3.05) is 27.4 Å². The van der Waals surface area contributed by atoms with Crippen molar-refractivity contribution in [3.63, 3.8) is 0 Å². The van der Waals surface area contributed by atoms with Crippen LogP contribution in [0.15, 0.2) is 80.1 Å². The molecule has 2 aromatic heterocycles. The Kier molecular flexibility index (Phi) is 8.63. The molecule has 0 spiro atoms. The maximum Gasteiger partial charge on any atom is 0.338 e. The molecule has 0 aliphatic carbocycles. The summed E-state index contributed by atoms with van der Waals surface area (Å²) in [6.07, 6.45) is 1.64. The number of fused-ring (bicyclic) bond motifs is 1. The van der Waals surface area contributed by atoms with Crippen molar-refractivity contribution in [3.05, 3.63) is 102 Å². The Labute approximate surface area is 251 Å². The van der Waals surface area contributed by atoms with E-state index >= 15 is 0 Å². The summed E-state index contributed by atoms with van der Waals surface area (Å²) in [6, 6.07) is 14.8. The summed E-state index contributed by atoms with van der Waals surface area (Å²) in [4.78, 5) is 44.2. The van der Waals surface area contributed by atoms with Gasteiger partial charge in [0.05, 0.1) is 48.8 Å². The average Bonchev–Trinajstić information content (AvgIpc) is 3.60. The van der Waals surface area contributed by atoms with Crippen LogP contribution in [0.25, 0.3) is 17.4 Å². The lowest BCUT2D eigenvalue weighted by Gasteiger charge is -2.26. The van der Waals surface area contributed by atoms with Crippen molar-refractivity contribution < 1.29 is 33.0 Å². The van der Waals surface area contributed by atoms with Crippen LogP contribution in [0.5, 0.6) is 11.5 Å². The largest absolute Gasteiger partial charge is 0.497 e. The number of aromatic nitrogens is 1. The number of benzene rings is 2. The summed E-state index contributed by atoms with van der Waals surface area (Å²) < 4.78 is 29.3. The number of allylic oxidation sites excluding steroid dienone is 1. The maximum absolute atomic E-state index is 13.9. The average molecular weight is 603 g/mol. The van der Waals surface area contributed by atoms with Crippen LogP contribution in [0.3, 0.4) is 0 Å². The summed E-state index contributed by atoms with van der Waals surface area (Å²) in [7, 11) is 3.06. The van der Waals surface area contributed by atoms with E-state index in [-0.39, 0.29) is 17.7 Å². The first-order valence-corrected chi connectivity index (χ1v) is 14.4. The van der Waals surface area contributed by atoms with Gasteiger partial charge in [0.2, 0.25) is 0 Å². The van der Waals surface area contributed by atoms with Gasteiger partial charge in [0.15, 0.2) is 4.80 Å². The minimum atomic E-state index is -0.844. The van der Waals surface area contributed by atoms with E-state index in [9.17, 15) is 14.4 Å². The fraction of sp³-hybridized carbons (Fsp3) is 0.250. The zero-order chi connectivity index (χ0) is 30.7. The first-order valence-electron chi connectivity index (χ1n) is 13.6. The molecule has 1 unspecified atom stereocenters. The third-order valence-electron chi connectivity index (χ3n) is 6.83. The molecule has 222 valence electrons. The fourth-order valence-corrected chi connectivity index (χ4v) is 5.86. The number of ether oxygens (including phenoxy) is 4. The maximum atomic E-state index is 13.9. The van der Waals surface area contributed by atoms with Gasteiger partial charge in [-0.15, -0.1) is 0 Å². The molecule has 43 heavy (non-hydrogen) atoms. The van der Waals surface area contributed by atoms with Crippen LogP contribution in [0.2, 0.25) is 0 Å². The van der Waals surface area contributed by atoms with E-state index in [2.05, 4.69) is 4.99 Å². The van der Waals surface area contributed by atoms with Gasteiger partial charge in [-0.1, -0.05) is 23.5 Å². The zero-order valence-corrected chi connectivity index (χ0v) is 25.2. The molecule has 0 radical (unpaired) electrons. The molecule has 0 saturated heterocycles. The van der Waals surface area contributed by atoms with E-state index in [1.54, 1.807) is 88.6 Å². The molecule has 1 atom stereocenters. The third kappa shape index (κ3) is 5.76. The van der Waals surface area contributed by atoms with Crippen molar-refractivity contribution in [1.82, 2.24) is 4.57 Å². The lowest BCUT2D eigenvalue weighted by molar-refractivity contribution is -0.139. The molecule has 2 aromatic carbocycles. The van der Waals surface area contributed by atoms with Crippen molar-refractivity contribution in [1.29, 1.82) is 0 Å². The number of furan rings is 1. The van der Waals surface area contributed by atoms with E-state index in [1.807, 2.05) is 0 Å². The van der Waals surface area contributed by atoms with Gasteiger partial charge in [0.25, 0.3) is 5.56 Å². The Bertz CT molecular complexity index is 1900. The quantitative estimate of drug-likeness (QED) is 0.261. The van der Waals surface area contributed by atoms with Crippen molar-refractivity contribution in [2.24, 2.45) is 4.99 Å². The predicted molar refractivity (Wildman–Crippen MR) is 160 cm³/mol. The van der Waals surface area contributed by atoms with Crippen LogP contribution in [0.1, 0.15) is 48.5 Å². The first-order chi connectivity index (χ1) is 20.8. The number of methoxy groups -OCH3 is 2. The number of carbonyl (C=O) groups is 2. The second-order valence-electron chi connectivity index (χ2n) is 9.41. The second kappa shape index (κ2) is 12.5. The summed E-state index contributed by atoms with van der Waals surface area (Å²) in [6.45, 7) is 5.66. The molecule has 0 bridgehead atoms. The minimum absolute atomic E-state index is 0.166. The number of nitrogens with zero attached hydrogens (tertiary/aromatic N) is 2. The monoisotopic (exact) mass is 602 g/mol. The van der Waals surface area contributed by atoms with Gasteiger partial charge in [0.1, 0.15) is 29.1 Å². The molecule has 4 aromatic rings. The Morgan fingerprint density at radius 2 is 1.70 bits per heavy atom. The Morgan fingerprint density at radius 1 is 0.977 bits per heavy atom. The number of thiazole rings is 1. The highest BCUT2D eigenvalue weighted by Gasteiger charge is 2.35. The highest BCUT2D eigenvalue weighted by atomic mass is 32.1. The van der Waals surface area contributed by atoms with Crippen LogP contribution in [-0.2, 0) is 14.3 Å². The van der Waals surface area contributed by atoms with Gasteiger partial charge in [-0.25, -0.2) is 14.6 Å². The molecule has 11 heteroatoms. The summed E-state index contributed by atoms with van der Waals surface area (Å²) in [5.74, 6) is 1.07. The van der Waals surface area contributed by atoms with Crippen LogP contribution >= 0.6 is 11.3 Å². The highest BCUT2D eigenvalue weighted by Crippen LogP contribution is 2.37. The predicted octanol–water partition coefficient (Wildman–Crippen LogP) is 4.25. The molecule has 1 aliphatic rings. The highest BCUT2D eigenvalue weighted by molar-refractivity contribution is 7.07.